The monoisotopic (exact) mass is 756 g/mol. The van der Waals surface area contributed by atoms with E-state index in [1.54, 1.807) is 14.2 Å². The predicted octanol–water partition coefficient (Wildman–Crippen LogP) is 9.24. The van der Waals surface area contributed by atoms with Crippen LogP contribution in [0.4, 0.5) is 17.3 Å². The summed E-state index contributed by atoms with van der Waals surface area (Å²) in [6.07, 6.45) is 16.2. The minimum atomic E-state index is -6.00. The Balaban J connectivity index is 0.000000440. The van der Waals surface area contributed by atoms with E-state index in [4.69, 9.17) is 9.47 Å². The van der Waals surface area contributed by atoms with Crippen molar-refractivity contribution >= 4 is 44.3 Å². The van der Waals surface area contributed by atoms with E-state index in [9.17, 15) is 17.3 Å². The molecule has 1 radical (unpaired) electrons. The average molecular weight is 756 g/mol. The molecule has 0 saturated carbocycles. The Hall–Kier alpha value is -2.77. The molecule has 10 heteroatoms. The zero-order valence-corrected chi connectivity index (χ0v) is 29.5. The summed E-state index contributed by atoms with van der Waals surface area (Å²) in [5.41, 5.74) is 0. The topological polar surface area (TPSA) is 18.5 Å². The molecule has 0 heterocycles. The van der Waals surface area contributed by atoms with Gasteiger partial charge in [-0.3, -0.25) is 0 Å². The number of ether oxygens (including phenoxy) is 2. The molecule has 5 rings (SSSR count). The number of rotatable bonds is 9. The van der Waals surface area contributed by atoms with Crippen molar-refractivity contribution in [3.8, 4) is 11.5 Å². The van der Waals surface area contributed by atoms with Crippen molar-refractivity contribution in [1.29, 1.82) is 0 Å². The molecule has 0 aromatic heterocycles. The summed E-state index contributed by atoms with van der Waals surface area (Å²) >= 11 is 0. The first-order valence-corrected chi connectivity index (χ1v) is 18.0. The molecule has 46 heavy (non-hydrogen) atoms. The van der Waals surface area contributed by atoms with Crippen LogP contribution in [0.1, 0.15) is 25.7 Å². The molecule has 247 valence electrons. The van der Waals surface area contributed by atoms with Crippen LogP contribution in [0.25, 0.3) is 0 Å². The van der Waals surface area contributed by atoms with Crippen molar-refractivity contribution in [1.82, 2.24) is 0 Å². The van der Waals surface area contributed by atoms with Gasteiger partial charge in [0, 0.05) is 30.1 Å². The summed E-state index contributed by atoms with van der Waals surface area (Å²) in [7, 11) is -3.57. The van der Waals surface area contributed by atoms with Gasteiger partial charge in [-0.05, 0) is 76.6 Å². The van der Waals surface area contributed by atoms with E-state index >= 15 is 0 Å². The largest absolute Gasteiger partial charge is 0.673 e. The molecule has 0 bridgehead atoms. The van der Waals surface area contributed by atoms with E-state index in [0.29, 0.717) is 0 Å². The van der Waals surface area contributed by atoms with Gasteiger partial charge in [-0.1, -0.05) is 121 Å². The predicted molar refractivity (Wildman–Crippen MR) is 188 cm³/mol. The molecule has 4 aromatic carbocycles. The van der Waals surface area contributed by atoms with Gasteiger partial charge < -0.3 is 26.7 Å². The van der Waals surface area contributed by atoms with Crippen molar-refractivity contribution in [3.05, 3.63) is 133 Å². The Bertz CT molecular complexity index is 1330. The summed E-state index contributed by atoms with van der Waals surface area (Å²) < 4.78 is 50.5. The fourth-order valence-corrected chi connectivity index (χ4v) is 10.4. The summed E-state index contributed by atoms with van der Waals surface area (Å²) in [6.45, 7) is 0. The maximum Gasteiger partial charge on any atom is 0.673 e. The number of allylic oxidation sites excluding steroid dienone is 4. The number of hydrogen-bond donors (Lipinski definition) is 0. The number of para-hydroxylation sites is 2. The first kappa shape index (κ1) is 39.4. The molecule has 2 nitrogen and oxygen atoms in total. The normalized spacial score (nSPS) is 15.0. The molecule has 0 amide bonds. The van der Waals surface area contributed by atoms with Gasteiger partial charge in [-0.2, -0.15) is 0 Å². The third kappa shape index (κ3) is 14.3. The Morgan fingerprint density at radius 2 is 0.783 bits per heavy atom. The average Bonchev–Trinajstić information content (AvgIpc) is 3.03. The van der Waals surface area contributed by atoms with Gasteiger partial charge in [0.1, 0.15) is 11.5 Å². The summed E-state index contributed by atoms with van der Waals surface area (Å²) in [6, 6.07) is 38.7. The van der Waals surface area contributed by atoms with Gasteiger partial charge in [0.25, 0.3) is 0 Å². The van der Waals surface area contributed by atoms with Gasteiger partial charge in [0.2, 0.25) is 0 Å². The fourth-order valence-electron chi connectivity index (χ4n) is 4.75. The molecule has 0 unspecified atom stereocenters. The molecule has 2 atom stereocenters. The van der Waals surface area contributed by atoms with Crippen molar-refractivity contribution < 1.29 is 46.2 Å². The van der Waals surface area contributed by atoms with Crippen molar-refractivity contribution in [2.45, 2.75) is 25.7 Å². The van der Waals surface area contributed by atoms with E-state index in [2.05, 4.69) is 121 Å². The Morgan fingerprint density at radius 1 is 0.500 bits per heavy atom. The van der Waals surface area contributed by atoms with Crippen LogP contribution in [0.15, 0.2) is 133 Å². The van der Waals surface area contributed by atoms with E-state index in [1.807, 2.05) is 12.1 Å². The van der Waals surface area contributed by atoms with Crippen LogP contribution in [0.5, 0.6) is 11.5 Å². The van der Waals surface area contributed by atoms with E-state index in [-0.39, 0.29) is 19.5 Å². The molecule has 4 aromatic rings. The minimum absolute atomic E-state index is 0. The van der Waals surface area contributed by atoms with Crippen molar-refractivity contribution in [3.63, 3.8) is 0 Å². The zero-order valence-electron chi connectivity index (χ0n) is 26.1. The zero-order chi connectivity index (χ0) is 32.3. The maximum absolute atomic E-state index is 9.75. The van der Waals surface area contributed by atoms with Crippen LogP contribution in [0, 0.1) is 0 Å². The second-order valence-corrected chi connectivity index (χ2v) is 14.5. The molecular weight excluding hydrogens is 716 g/mol. The minimum Gasteiger partial charge on any atom is -0.496 e. The van der Waals surface area contributed by atoms with E-state index < -0.39 is 23.1 Å². The molecule has 1 aliphatic carbocycles. The van der Waals surface area contributed by atoms with Crippen molar-refractivity contribution in [2.75, 3.05) is 26.5 Å². The van der Waals surface area contributed by atoms with Crippen LogP contribution >= 0.6 is 15.8 Å². The first-order chi connectivity index (χ1) is 21.8. The molecule has 1 aliphatic rings. The van der Waals surface area contributed by atoms with Gasteiger partial charge >= 0.3 is 7.25 Å². The van der Waals surface area contributed by atoms with Gasteiger partial charge in [0.05, 0.1) is 14.2 Å². The molecule has 0 aliphatic heterocycles. The van der Waals surface area contributed by atoms with Crippen LogP contribution in [0.2, 0.25) is 0 Å². The molecule has 0 N–H and O–H groups in total. The Morgan fingerprint density at radius 3 is 1.09 bits per heavy atom. The second-order valence-electron chi connectivity index (χ2n) is 9.91. The fraction of sp³-hybridized carbons (Fsp3) is 0.222. The van der Waals surface area contributed by atoms with Crippen LogP contribution in [-0.2, 0) is 19.5 Å². The second kappa shape index (κ2) is 21.9. The van der Waals surface area contributed by atoms with E-state index in [0.717, 1.165) is 23.8 Å². The standard InChI is InChI=1S/C28H28O2P2.C8H12.BF4.Rh/c1-29-25-17-9-11-19-27(25)31(23-13-5-3-6-14-23)21-22-32(24-15-7-4-8-16-24)28-20-12-10-18-26(28)30-2;1-2-4-6-8-7-5-3-1;2-1(3,4)5;/h3-20H,21-22H2,1-2H3;1-2,7-8H,3-6H2;;/q;;-1;/b;2-1-,8-7-;;/t31-,32-;;;/m1.../s1. The van der Waals surface area contributed by atoms with Crippen LogP contribution in [-0.4, -0.2) is 33.8 Å². The number of methoxy groups -OCH3 is 2. The number of hydrogen-bond acceptors (Lipinski definition) is 2. The number of benzene rings is 4. The quantitative estimate of drug-likeness (QED) is 0.0735. The van der Waals surface area contributed by atoms with Gasteiger partial charge in [-0.25, -0.2) is 0 Å². The van der Waals surface area contributed by atoms with E-state index in [1.165, 1.54) is 46.9 Å². The van der Waals surface area contributed by atoms with Crippen LogP contribution in [0.3, 0.4) is 0 Å². The smallest absolute Gasteiger partial charge is 0.496 e. The number of halogens is 4. The van der Waals surface area contributed by atoms with Crippen molar-refractivity contribution in [2.24, 2.45) is 0 Å². The molecular formula is C36H40BF4O2P2Rh-. The third-order valence-electron chi connectivity index (χ3n) is 6.77. The maximum atomic E-state index is 9.75. The summed E-state index contributed by atoms with van der Waals surface area (Å²) in [5, 5.41) is 5.38. The molecule has 0 fully saturated rings. The molecule has 0 saturated heterocycles. The third-order valence-corrected chi connectivity index (χ3v) is 12.2. The summed E-state index contributed by atoms with van der Waals surface area (Å²) in [4.78, 5) is 0. The SMILES string of the molecule is C1=C\CC/C=C\CC/1.COc1ccccc1[P@](CC[P@](c1ccccc1)c1ccccc1OC)c1ccccc1.F[B-](F)(F)F.[Rh]. The van der Waals surface area contributed by atoms with Gasteiger partial charge in [0.15, 0.2) is 0 Å². The van der Waals surface area contributed by atoms with Crippen LogP contribution < -0.4 is 30.7 Å². The Kier molecular flexibility index (Phi) is 18.8. The Labute approximate surface area is 286 Å². The molecule has 0 spiro atoms. The first-order valence-electron chi connectivity index (χ1n) is 14.9. The summed E-state index contributed by atoms with van der Waals surface area (Å²) in [5.74, 6) is 1.95. The van der Waals surface area contributed by atoms with Gasteiger partial charge in [-0.15, -0.1) is 0 Å².